The minimum Gasteiger partial charge on any atom is -0.199 e. The van der Waals surface area contributed by atoms with Crippen molar-refractivity contribution >= 4 is 5.71 Å². The molecule has 0 amide bonds. The largest absolute Gasteiger partial charge is 0.213 e. The van der Waals surface area contributed by atoms with Gasteiger partial charge in [0.15, 0.2) is 17.9 Å². The molecule has 0 N–H and O–H groups in total. The molecule has 3 heteroatoms. The van der Waals surface area contributed by atoms with E-state index in [2.05, 4.69) is 110 Å². The van der Waals surface area contributed by atoms with E-state index in [1.54, 1.807) is 0 Å². The molecule has 1 aromatic heterocycles. The van der Waals surface area contributed by atoms with E-state index in [0.29, 0.717) is 11.5 Å². The van der Waals surface area contributed by atoms with E-state index in [1.807, 2.05) is 6.07 Å². The van der Waals surface area contributed by atoms with E-state index in [0.717, 1.165) is 30.7 Å². The number of hydrogen-bond acceptors (Lipinski definition) is 1. The third kappa shape index (κ3) is 3.80. The maximum absolute atomic E-state index is 9.60. The van der Waals surface area contributed by atoms with Crippen molar-refractivity contribution < 1.29 is 9.14 Å². The molecule has 0 saturated carbocycles. The summed E-state index contributed by atoms with van der Waals surface area (Å²) in [6.07, 6.45) is 7.28. The minimum atomic E-state index is 0.287. The van der Waals surface area contributed by atoms with Gasteiger partial charge in [-0.3, -0.25) is 0 Å². The molecule has 2 aliphatic rings. The molecule has 2 aromatic carbocycles. The van der Waals surface area contributed by atoms with Gasteiger partial charge in [-0.1, -0.05) is 23.8 Å². The van der Waals surface area contributed by atoms with Gasteiger partial charge in [0.05, 0.1) is 18.1 Å². The molecule has 0 radical (unpaired) electrons. The van der Waals surface area contributed by atoms with E-state index in [1.165, 1.54) is 33.5 Å². The lowest BCUT2D eigenvalue weighted by Crippen LogP contribution is -2.48. The van der Waals surface area contributed by atoms with Crippen LogP contribution in [0, 0.1) is 11.3 Å². The predicted octanol–water partition coefficient (Wildman–Crippen LogP) is 6.10. The lowest BCUT2D eigenvalue weighted by atomic mass is 9.77. The molecule has 168 valence electrons. The highest BCUT2D eigenvalue weighted by Gasteiger charge is 2.41. The standard InChI is InChI=1S/C31H31N3/c1-21(2)17-30-25-14-12-23(20-32)19-24(25)13-15-28-26-9-5-6-10-27(26)29-11-7-8-16-34(29)31(28)18-22(3)33(30)4/h5-12,14,16-17,19,28,31H,3,13,15,18H2,1-2,4H3/q+2/b33-30-. The number of nitriles is 1. The summed E-state index contributed by atoms with van der Waals surface area (Å²) in [6, 6.07) is 24.1. The fourth-order valence-electron chi connectivity index (χ4n) is 5.63. The summed E-state index contributed by atoms with van der Waals surface area (Å²) in [5.74, 6) is 0.366. The Hall–Kier alpha value is -3.77. The average molecular weight is 446 g/mol. The van der Waals surface area contributed by atoms with Gasteiger partial charge >= 0.3 is 0 Å². The van der Waals surface area contributed by atoms with Gasteiger partial charge in [0.1, 0.15) is 7.05 Å². The van der Waals surface area contributed by atoms with Crippen LogP contribution in [0.1, 0.15) is 60.9 Å². The topological polar surface area (TPSA) is 30.7 Å². The Labute approximate surface area is 202 Å². The van der Waals surface area contributed by atoms with Crippen LogP contribution in [-0.4, -0.2) is 17.3 Å². The molecule has 0 fully saturated rings. The number of aryl methyl sites for hydroxylation is 1. The molecule has 0 saturated heterocycles. The van der Waals surface area contributed by atoms with E-state index in [9.17, 15) is 5.26 Å². The molecule has 5 rings (SSSR count). The Morgan fingerprint density at radius 2 is 1.85 bits per heavy atom. The molecule has 2 unspecified atom stereocenters. The summed E-state index contributed by atoms with van der Waals surface area (Å²) in [7, 11) is 2.13. The van der Waals surface area contributed by atoms with Gasteiger partial charge in [0.25, 0.3) is 0 Å². The van der Waals surface area contributed by atoms with Gasteiger partial charge in [-0.2, -0.15) is 14.4 Å². The van der Waals surface area contributed by atoms with Crippen molar-refractivity contribution in [3.8, 4) is 17.3 Å². The molecule has 34 heavy (non-hydrogen) atoms. The van der Waals surface area contributed by atoms with Crippen molar-refractivity contribution in [3.05, 3.63) is 113 Å². The third-order valence-corrected chi connectivity index (χ3v) is 7.29. The van der Waals surface area contributed by atoms with Crippen LogP contribution in [0.5, 0.6) is 0 Å². The second-order valence-electron chi connectivity index (χ2n) is 9.71. The zero-order chi connectivity index (χ0) is 23.8. The van der Waals surface area contributed by atoms with Crippen LogP contribution in [0.4, 0.5) is 0 Å². The lowest BCUT2D eigenvalue weighted by Gasteiger charge is -2.31. The van der Waals surface area contributed by atoms with E-state index in [-0.39, 0.29) is 6.04 Å². The number of fused-ring (bicyclic) bond motifs is 7. The van der Waals surface area contributed by atoms with Crippen LogP contribution in [0.3, 0.4) is 0 Å². The number of nitrogens with zero attached hydrogens (tertiary/aromatic N) is 3. The van der Waals surface area contributed by atoms with Crippen molar-refractivity contribution in [2.75, 3.05) is 7.05 Å². The van der Waals surface area contributed by atoms with Crippen LogP contribution in [0.25, 0.3) is 11.3 Å². The first kappa shape index (κ1) is 22.0. The monoisotopic (exact) mass is 445 g/mol. The molecular formula is C31H31N3+2. The Balaban J connectivity index is 1.73. The van der Waals surface area contributed by atoms with Gasteiger partial charge in [-0.25, -0.2) is 0 Å². The number of allylic oxidation sites excluding steroid dienone is 3. The minimum absolute atomic E-state index is 0.287. The molecule has 3 heterocycles. The molecular weight excluding hydrogens is 414 g/mol. The first-order valence-electron chi connectivity index (χ1n) is 12.0. The average Bonchev–Trinajstić information content (AvgIpc) is 2.86. The summed E-state index contributed by atoms with van der Waals surface area (Å²) in [5, 5.41) is 9.60. The molecule has 2 aliphatic heterocycles. The molecule has 2 atom stereocenters. The molecule has 0 bridgehead atoms. The van der Waals surface area contributed by atoms with Gasteiger partial charge in [0, 0.05) is 35.3 Å². The van der Waals surface area contributed by atoms with Crippen molar-refractivity contribution in [1.82, 2.24) is 0 Å². The second kappa shape index (κ2) is 8.88. The van der Waals surface area contributed by atoms with Crippen molar-refractivity contribution in [2.24, 2.45) is 0 Å². The number of hydrogen-bond donors (Lipinski definition) is 0. The van der Waals surface area contributed by atoms with Gasteiger partial charge < -0.3 is 0 Å². The number of aromatic nitrogens is 1. The fraction of sp³-hybridized carbons (Fsp3) is 0.258. The highest BCUT2D eigenvalue weighted by atomic mass is 15.1. The summed E-state index contributed by atoms with van der Waals surface area (Å²) in [5.41, 5.74) is 10.6. The van der Waals surface area contributed by atoms with Crippen LogP contribution < -0.4 is 4.57 Å². The maximum atomic E-state index is 9.60. The molecule has 3 nitrogen and oxygen atoms in total. The first-order chi connectivity index (χ1) is 16.5. The van der Waals surface area contributed by atoms with Crippen molar-refractivity contribution in [1.29, 1.82) is 5.26 Å². The Kier molecular flexibility index (Phi) is 5.75. The summed E-state index contributed by atoms with van der Waals surface area (Å²) in [6.45, 7) is 8.83. The summed E-state index contributed by atoms with van der Waals surface area (Å²) >= 11 is 0. The van der Waals surface area contributed by atoms with E-state index < -0.39 is 0 Å². The fourth-order valence-corrected chi connectivity index (χ4v) is 5.63. The van der Waals surface area contributed by atoms with Gasteiger partial charge in [0.2, 0.25) is 11.4 Å². The maximum Gasteiger partial charge on any atom is 0.213 e. The van der Waals surface area contributed by atoms with Crippen LogP contribution >= 0.6 is 0 Å². The highest BCUT2D eigenvalue weighted by molar-refractivity contribution is 6.07. The van der Waals surface area contributed by atoms with E-state index >= 15 is 0 Å². The molecule has 0 aliphatic carbocycles. The quantitative estimate of drug-likeness (QED) is 0.416. The first-order valence-corrected chi connectivity index (χ1v) is 12.0. The van der Waals surface area contributed by atoms with Gasteiger partial charge in [-0.05, 0) is 74.7 Å². The Morgan fingerprint density at radius 3 is 2.65 bits per heavy atom. The number of pyridine rings is 1. The SMILES string of the molecule is C=C1CC2C(CCc3cc(C#N)ccc3/C(C=C(C)C)=[N+]\1C)c1ccccc1-c1cccc[n+]12. The van der Waals surface area contributed by atoms with Gasteiger partial charge in [-0.15, -0.1) is 0 Å². The molecule has 3 aromatic rings. The third-order valence-electron chi connectivity index (χ3n) is 7.29. The van der Waals surface area contributed by atoms with E-state index in [4.69, 9.17) is 0 Å². The van der Waals surface area contributed by atoms with Crippen LogP contribution in [-0.2, 0) is 6.42 Å². The normalized spacial score (nSPS) is 21.3. The second-order valence-corrected chi connectivity index (χ2v) is 9.71. The Bertz CT molecular complexity index is 1400. The van der Waals surface area contributed by atoms with Crippen molar-refractivity contribution in [3.63, 3.8) is 0 Å². The van der Waals surface area contributed by atoms with Crippen LogP contribution in [0.2, 0.25) is 0 Å². The summed E-state index contributed by atoms with van der Waals surface area (Å²) < 4.78 is 4.71. The predicted molar refractivity (Wildman–Crippen MR) is 137 cm³/mol. The zero-order valence-electron chi connectivity index (χ0n) is 20.3. The zero-order valence-corrected chi connectivity index (χ0v) is 20.3. The summed E-state index contributed by atoms with van der Waals surface area (Å²) in [4.78, 5) is 0. The number of rotatable bonds is 1. The van der Waals surface area contributed by atoms with Crippen LogP contribution in [0.15, 0.2) is 90.8 Å². The van der Waals surface area contributed by atoms with Crippen molar-refractivity contribution in [2.45, 2.75) is 45.1 Å². The number of benzene rings is 2. The Morgan fingerprint density at radius 1 is 1.06 bits per heavy atom. The highest BCUT2D eigenvalue weighted by Crippen LogP contribution is 2.43. The lowest BCUT2D eigenvalue weighted by molar-refractivity contribution is -0.720. The smallest absolute Gasteiger partial charge is 0.199 e. The molecule has 0 spiro atoms.